The second-order valence-corrected chi connectivity index (χ2v) is 17.0. The van der Waals surface area contributed by atoms with Crippen LogP contribution >= 0.6 is 185 Å². The van der Waals surface area contributed by atoms with Crippen LogP contribution in [0.3, 0.4) is 0 Å². The molecule has 1 aromatic carbocycles. The smallest absolute Gasteiger partial charge is 0.142 e. The maximum absolute atomic E-state index is 17.2. The molecule has 0 nitrogen and oxygen atoms in total. The summed E-state index contributed by atoms with van der Waals surface area (Å²) in [4.78, 5) is -0.0341. The highest BCUT2D eigenvalue weighted by Gasteiger charge is 2.36. The molecule has 5 rings (SSSR count). The molecular weight excluding hydrogens is 856 g/mol. The van der Waals surface area contributed by atoms with Crippen molar-refractivity contribution in [3.05, 3.63) is 69.2 Å². The molecule has 0 aliphatic rings. The Kier molecular flexibility index (Phi) is 10.1. The van der Waals surface area contributed by atoms with E-state index in [1.165, 1.54) is 0 Å². The van der Waals surface area contributed by atoms with Crippen LogP contribution in [0, 0.1) is 11.6 Å². The van der Waals surface area contributed by atoms with E-state index in [2.05, 4.69) is 0 Å². The van der Waals surface area contributed by atoms with E-state index < -0.39 is 11.6 Å². The summed E-state index contributed by atoms with van der Waals surface area (Å²) in [6.45, 7) is 0. The Balaban J connectivity index is 2.09. The Hall–Kier alpha value is 1.36. The zero-order valence-corrected chi connectivity index (χ0v) is 30.3. The van der Waals surface area contributed by atoms with E-state index in [1.807, 2.05) is 0 Å². The van der Waals surface area contributed by atoms with Crippen molar-refractivity contribution in [3.63, 3.8) is 0 Å². The third kappa shape index (κ3) is 5.22. The fourth-order valence-electron chi connectivity index (χ4n) is 3.65. The van der Waals surface area contributed by atoms with Crippen LogP contribution in [0.25, 0.3) is 41.8 Å². The van der Waals surface area contributed by atoms with Crippen LogP contribution in [0.1, 0.15) is 0 Å². The Morgan fingerprint density at radius 3 is 0.600 bits per heavy atom. The van der Waals surface area contributed by atoms with Crippen LogP contribution in [0.5, 0.6) is 0 Å². The first kappa shape index (κ1) is 32.7. The van der Waals surface area contributed by atoms with Crippen molar-refractivity contribution in [1.29, 1.82) is 0 Å². The summed E-state index contributed by atoms with van der Waals surface area (Å²) in [5.74, 6) is -2.01. The molecule has 40 heavy (non-hydrogen) atoms. The lowest BCUT2D eigenvalue weighted by molar-refractivity contribution is 0.613. The van der Waals surface area contributed by atoms with Crippen LogP contribution in [0.2, 0.25) is 57.5 Å². The maximum Gasteiger partial charge on any atom is 0.142 e. The average molecular weight is 856 g/mol. The quantitative estimate of drug-likeness (QED) is 0.169. The minimum atomic E-state index is -1.01. The number of hydrogen-bond donors (Lipinski definition) is 0. The second kappa shape index (κ2) is 12.3. The van der Waals surface area contributed by atoms with Crippen LogP contribution in [0.15, 0.2) is 0 Å². The molecule has 0 saturated heterocycles. The van der Waals surface area contributed by atoms with E-state index >= 15 is 8.78 Å². The number of hydrogen-bond acceptors (Lipinski definition) is 4. The van der Waals surface area contributed by atoms with Crippen molar-refractivity contribution in [2.24, 2.45) is 0 Å². The van der Waals surface area contributed by atoms with Gasteiger partial charge < -0.3 is 0 Å². The van der Waals surface area contributed by atoms with E-state index in [9.17, 15) is 0 Å². The van der Waals surface area contributed by atoms with Crippen LogP contribution in [-0.4, -0.2) is 0 Å². The van der Waals surface area contributed by atoms with Crippen molar-refractivity contribution in [2.75, 3.05) is 0 Å². The lowest BCUT2D eigenvalue weighted by atomic mass is 9.92. The highest BCUT2D eigenvalue weighted by atomic mass is 35.5. The summed E-state index contributed by atoms with van der Waals surface area (Å²) in [5.41, 5.74) is -1.40. The third-order valence-corrected chi connectivity index (χ3v) is 15.7. The van der Waals surface area contributed by atoms with Crippen molar-refractivity contribution in [2.45, 2.75) is 0 Å². The standard InChI is InChI=1S/C22Cl12F2S4/c23-5-9(27)19(31)37-15(5)1-2(16-6(24)10(28)20(32)38-16)14(36)4(18-8(26)12(30)22(34)40-18)3(13(1)35)17-7(25)11(29)21(33)39-17. The molecule has 5 aromatic rings. The number of thiophene rings is 4. The van der Waals surface area contributed by atoms with Gasteiger partial charge in [0.2, 0.25) is 0 Å². The predicted octanol–water partition coefficient (Wildman–Crippen LogP) is 16.7. The van der Waals surface area contributed by atoms with Gasteiger partial charge >= 0.3 is 0 Å². The van der Waals surface area contributed by atoms with Crippen molar-refractivity contribution >= 4 is 185 Å². The Labute approximate surface area is 300 Å². The molecule has 210 valence electrons. The summed E-state index contributed by atoms with van der Waals surface area (Å²) in [6, 6.07) is 0. The summed E-state index contributed by atoms with van der Waals surface area (Å²) in [5, 5.41) is -0.772. The molecule has 0 amide bonds. The van der Waals surface area contributed by atoms with Gasteiger partial charge in [0.1, 0.15) is 29.0 Å². The van der Waals surface area contributed by atoms with Crippen LogP contribution in [-0.2, 0) is 0 Å². The first-order valence-electron chi connectivity index (χ1n) is 9.78. The third-order valence-electron chi connectivity index (χ3n) is 5.31. The van der Waals surface area contributed by atoms with E-state index in [1.54, 1.807) is 0 Å². The molecule has 0 bridgehead atoms. The monoisotopic (exact) mass is 850 g/mol. The first-order chi connectivity index (χ1) is 18.7. The molecule has 0 aliphatic carbocycles. The molecule has 0 aliphatic heterocycles. The van der Waals surface area contributed by atoms with Gasteiger partial charge in [-0.15, -0.1) is 45.3 Å². The van der Waals surface area contributed by atoms with Gasteiger partial charge in [0.25, 0.3) is 0 Å². The molecule has 0 N–H and O–H groups in total. The van der Waals surface area contributed by atoms with Gasteiger partial charge in [-0.05, 0) is 0 Å². The lowest BCUT2D eigenvalue weighted by Crippen LogP contribution is -2.01. The van der Waals surface area contributed by atoms with Crippen molar-refractivity contribution < 1.29 is 8.78 Å². The van der Waals surface area contributed by atoms with Gasteiger partial charge in [-0.1, -0.05) is 139 Å². The van der Waals surface area contributed by atoms with Gasteiger partial charge in [0, 0.05) is 22.3 Å². The Morgan fingerprint density at radius 2 is 0.475 bits per heavy atom. The maximum atomic E-state index is 17.2. The highest BCUT2D eigenvalue weighted by molar-refractivity contribution is 7.23. The molecule has 0 radical (unpaired) electrons. The number of rotatable bonds is 4. The van der Waals surface area contributed by atoms with Gasteiger partial charge in [-0.2, -0.15) is 0 Å². The van der Waals surface area contributed by atoms with E-state index in [0.717, 1.165) is 45.3 Å². The van der Waals surface area contributed by atoms with Gasteiger partial charge in [0.05, 0.1) is 59.7 Å². The first-order valence-corrected chi connectivity index (χ1v) is 17.6. The van der Waals surface area contributed by atoms with Crippen LogP contribution in [0.4, 0.5) is 8.78 Å². The van der Waals surface area contributed by atoms with Crippen LogP contribution < -0.4 is 0 Å². The lowest BCUT2D eigenvalue weighted by Gasteiger charge is -2.19. The SMILES string of the molecule is Fc1c(-c2sc(Cl)c(Cl)c2Cl)c(-c2sc(Cl)c(Cl)c2Cl)c(F)c(-c2sc(Cl)c(Cl)c2Cl)c1-c1sc(Cl)c(Cl)c1Cl. The zero-order chi connectivity index (χ0) is 29.5. The minimum Gasteiger partial charge on any atom is -0.206 e. The van der Waals surface area contributed by atoms with Crippen molar-refractivity contribution in [3.8, 4) is 41.8 Å². The Bertz CT molecular complexity index is 1600. The normalized spacial score (nSPS) is 11.8. The largest absolute Gasteiger partial charge is 0.206 e. The molecule has 0 saturated carbocycles. The van der Waals surface area contributed by atoms with Gasteiger partial charge in [0.15, 0.2) is 0 Å². The van der Waals surface area contributed by atoms with E-state index in [0.29, 0.717) is 0 Å². The molecule has 4 aromatic heterocycles. The summed E-state index contributed by atoms with van der Waals surface area (Å²) < 4.78 is 34.5. The highest BCUT2D eigenvalue weighted by Crippen LogP contribution is 2.60. The fraction of sp³-hybridized carbons (Fsp3) is 0. The predicted molar refractivity (Wildman–Crippen MR) is 180 cm³/mol. The number of halogens is 14. The summed E-state index contributed by atoms with van der Waals surface area (Å²) in [6.07, 6.45) is 0. The summed E-state index contributed by atoms with van der Waals surface area (Å²) in [7, 11) is 0. The average Bonchev–Trinajstić information content (AvgIpc) is 3.51. The van der Waals surface area contributed by atoms with E-state index in [-0.39, 0.29) is 99.3 Å². The molecule has 0 unspecified atom stereocenters. The topological polar surface area (TPSA) is 0 Å². The van der Waals surface area contributed by atoms with E-state index in [4.69, 9.17) is 139 Å². The van der Waals surface area contributed by atoms with Crippen molar-refractivity contribution in [1.82, 2.24) is 0 Å². The van der Waals surface area contributed by atoms with Gasteiger partial charge in [-0.25, -0.2) is 8.78 Å². The second-order valence-electron chi connectivity index (χ2n) is 7.46. The molecule has 0 atom stereocenters. The minimum absolute atomic E-state index is 0.00853. The summed E-state index contributed by atoms with van der Waals surface area (Å²) >= 11 is 79.0. The number of benzene rings is 1. The molecule has 18 heteroatoms. The Morgan fingerprint density at radius 1 is 0.300 bits per heavy atom. The molecule has 0 spiro atoms. The molecule has 4 heterocycles. The fourth-order valence-corrected chi connectivity index (χ4v) is 11.1. The van der Waals surface area contributed by atoms with Gasteiger partial charge in [-0.3, -0.25) is 0 Å². The molecule has 0 fully saturated rings. The molecular formula is C22Cl12F2S4. The zero-order valence-electron chi connectivity index (χ0n) is 17.9.